The average molecular weight is 250 g/mol. The maximum absolute atomic E-state index is 2.61. The van der Waals surface area contributed by atoms with Crippen molar-refractivity contribution in [2.75, 3.05) is 0 Å². The average Bonchev–Trinajstić information content (AvgIpc) is 2.44. The molecule has 0 N–H and O–H groups in total. The van der Waals surface area contributed by atoms with Crippen LogP contribution in [0.4, 0.5) is 0 Å². The molecule has 0 heterocycles. The Morgan fingerprint density at radius 1 is 0.833 bits per heavy atom. The lowest BCUT2D eigenvalue weighted by Gasteiger charge is -2.63. The van der Waals surface area contributed by atoms with E-state index in [0.717, 1.165) is 5.92 Å². The van der Waals surface area contributed by atoms with E-state index in [9.17, 15) is 0 Å². The molecule has 0 aromatic heterocycles. The van der Waals surface area contributed by atoms with Gasteiger partial charge in [0.1, 0.15) is 0 Å². The summed E-state index contributed by atoms with van der Waals surface area (Å²) in [5.74, 6) is 0.931. The third-order valence-electron chi connectivity index (χ3n) is 7.49. The zero-order chi connectivity index (χ0) is 14.2. The quantitative estimate of drug-likeness (QED) is 0.501. The van der Waals surface area contributed by atoms with Crippen molar-refractivity contribution in [1.82, 2.24) is 0 Å². The van der Waals surface area contributed by atoms with Gasteiger partial charge in [-0.15, -0.1) is 0 Å². The largest absolute Gasteiger partial charge is 0.0596 e. The Kier molecular flexibility index (Phi) is 2.69. The van der Waals surface area contributed by atoms with Crippen molar-refractivity contribution in [3.8, 4) is 0 Å². The van der Waals surface area contributed by atoms with Crippen LogP contribution >= 0.6 is 0 Å². The molecular formula is C18H34. The number of fused-ring (bicyclic) bond motifs is 2. The normalized spacial score (nSPS) is 38.2. The fraction of sp³-hybridized carbons (Fsp3) is 1.00. The van der Waals surface area contributed by atoms with Crippen molar-refractivity contribution in [1.29, 1.82) is 0 Å². The Labute approximate surface area is 115 Å². The zero-order valence-corrected chi connectivity index (χ0v) is 14.2. The van der Waals surface area contributed by atoms with E-state index in [4.69, 9.17) is 0 Å². The van der Waals surface area contributed by atoms with Crippen LogP contribution < -0.4 is 0 Å². The zero-order valence-electron chi connectivity index (χ0n) is 14.2. The van der Waals surface area contributed by atoms with Gasteiger partial charge in [0.2, 0.25) is 0 Å². The lowest BCUT2D eigenvalue weighted by Crippen LogP contribution is -2.56. The smallest absolute Gasteiger partial charge is 0.0138 e. The third-order valence-corrected chi connectivity index (χ3v) is 7.49. The molecule has 106 valence electrons. The van der Waals surface area contributed by atoms with Crippen LogP contribution in [-0.2, 0) is 0 Å². The van der Waals surface area contributed by atoms with Crippen molar-refractivity contribution < 1.29 is 0 Å². The lowest BCUT2D eigenvalue weighted by molar-refractivity contribution is -0.147. The Balaban J connectivity index is 2.67. The molecule has 2 aliphatic rings. The van der Waals surface area contributed by atoms with Gasteiger partial charge < -0.3 is 0 Å². The summed E-state index contributed by atoms with van der Waals surface area (Å²) in [6.07, 6.45) is 4.32. The van der Waals surface area contributed by atoms with Crippen LogP contribution in [0, 0.1) is 33.0 Å². The van der Waals surface area contributed by atoms with Crippen LogP contribution in [-0.4, -0.2) is 0 Å². The van der Waals surface area contributed by atoms with Gasteiger partial charge in [-0.1, -0.05) is 62.3 Å². The van der Waals surface area contributed by atoms with E-state index in [1.54, 1.807) is 0 Å². The minimum Gasteiger partial charge on any atom is -0.0596 e. The maximum Gasteiger partial charge on any atom is -0.0138 e. The van der Waals surface area contributed by atoms with Gasteiger partial charge in [-0.3, -0.25) is 0 Å². The fourth-order valence-electron chi connectivity index (χ4n) is 6.70. The van der Waals surface area contributed by atoms with E-state index in [0.29, 0.717) is 27.1 Å². The number of rotatable bonds is 0. The van der Waals surface area contributed by atoms with Gasteiger partial charge in [0, 0.05) is 0 Å². The first-order chi connectivity index (χ1) is 7.81. The van der Waals surface area contributed by atoms with Crippen molar-refractivity contribution in [3.05, 3.63) is 0 Å². The SMILES string of the molecule is CC(C)(C)C1(C(C)(C)C)CC2CCC1(C)C2(C)C. The van der Waals surface area contributed by atoms with Crippen molar-refractivity contribution in [3.63, 3.8) is 0 Å². The topological polar surface area (TPSA) is 0 Å². The highest BCUT2D eigenvalue weighted by Crippen LogP contribution is 2.81. The first-order valence-corrected chi connectivity index (χ1v) is 7.81. The summed E-state index contributed by atoms with van der Waals surface area (Å²) < 4.78 is 0. The highest BCUT2D eigenvalue weighted by atomic mass is 14.8. The van der Waals surface area contributed by atoms with E-state index in [1.807, 2.05) is 0 Å². The molecule has 2 aliphatic carbocycles. The van der Waals surface area contributed by atoms with Gasteiger partial charge in [-0.2, -0.15) is 0 Å². The highest BCUT2D eigenvalue weighted by molar-refractivity contribution is 5.22. The van der Waals surface area contributed by atoms with Crippen LogP contribution in [0.3, 0.4) is 0 Å². The van der Waals surface area contributed by atoms with Crippen LogP contribution in [0.5, 0.6) is 0 Å². The van der Waals surface area contributed by atoms with Gasteiger partial charge in [0.15, 0.2) is 0 Å². The molecule has 0 saturated heterocycles. The lowest BCUT2D eigenvalue weighted by atomic mass is 9.41. The second-order valence-corrected chi connectivity index (χ2v) is 9.90. The second kappa shape index (κ2) is 3.36. The summed E-state index contributed by atoms with van der Waals surface area (Å²) in [5, 5.41) is 0. The van der Waals surface area contributed by atoms with Gasteiger partial charge in [-0.05, 0) is 52.3 Å². The number of hydrogen-bond donors (Lipinski definition) is 0. The Bertz CT molecular complexity index is 333. The molecule has 0 aromatic carbocycles. The Hall–Kier alpha value is 0. The van der Waals surface area contributed by atoms with Crippen LogP contribution in [0.25, 0.3) is 0 Å². The van der Waals surface area contributed by atoms with Gasteiger partial charge in [0.25, 0.3) is 0 Å². The standard InChI is InChI=1S/C18H34/c1-14(2,3)18(15(4,5)6)12-13-10-11-17(18,9)16(13,7)8/h13H,10-12H2,1-9H3. The molecule has 2 atom stereocenters. The highest BCUT2D eigenvalue weighted by Gasteiger charge is 2.74. The molecular weight excluding hydrogens is 216 g/mol. The van der Waals surface area contributed by atoms with Crippen molar-refractivity contribution in [2.24, 2.45) is 33.0 Å². The third kappa shape index (κ3) is 1.28. The predicted molar refractivity (Wildman–Crippen MR) is 80.6 cm³/mol. The maximum atomic E-state index is 2.61. The Morgan fingerprint density at radius 3 is 1.44 bits per heavy atom. The summed E-state index contributed by atoms with van der Waals surface area (Å²) in [6, 6.07) is 0. The van der Waals surface area contributed by atoms with E-state index in [1.165, 1.54) is 19.3 Å². The summed E-state index contributed by atoms with van der Waals surface area (Å²) in [6.45, 7) is 22.6. The van der Waals surface area contributed by atoms with E-state index >= 15 is 0 Å². The van der Waals surface area contributed by atoms with E-state index in [-0.39, 0.29) is 0 Å². The van der Waals surface area contributed by atoms with Crippen LogP contribution in [0.15, 0.2) is 0 Å². The molecule has 2 unspecified atom stereocenters. The summed E-state index contributed by atoms with van der Waals surface area (Å²) in [4.78, 5) is 0. The molecule has 0 spiro atoms. The molecule has 0 nitrogen and oxygen atoms in total. The first-order valence-electron chi connectivity index (χ1n) is 7.81. The molecule has 2 saturated carbocycles. The van der Waals surface area contributed by atoms with Gasteiger partial charge in [0.05, 0.1) is 0 Å². The molecule has 0 radical (unpaired) electrons. The van der Waals surface area contributed by atoms with E-state index in [2.05, 4.69) is 62.3 Å². The minimum absolute atomic E-state index is 0.381. The van der Waals surface area contributed by atoms with Gasteiger partial charge >= 0.3 is 0 Å². The molecule has 2 bridgehead atoms. The first kappa shape index (κ1) is 14.4. The molecule has 2 rings (SSSR count). The monoisotopic (exact) mass is 250 g/mol. The summed E-state index contributed by atoms with van der Waals surface area (Å²) in [5.41, 5.74) is 2.22. The van der Waals surface area contributed by atoms with Crippen molar-refractivity contribution >= 4 is 0 Å². The molecule has 0 aliphatic heterocycles. The molecule has 2 fully saturated rings. The predicted octanol–water partition coefficient (Wildman–Crippen LogP) is 5.91. The van der Waals surface area contributed by atoms with E-state index < -0.39 is 0 Å². The second-order valence-electron chi connectivity index (χ2n) is 9.90. The number of hydrogen-bond acceptors (Lipinski definition) is 0. The molecule has 0 amide bonds. The summed E-state index contributed by atoms with van der Waals surface area (Å²) >= 11 is 0. The van der Waals surface area contributed by atoms with Gasteiger partial charge in [-0.25, -0.2) is 0 Å². The Morgan fingerprint density at radius 2 is 1.28 bits per heavy atom. The van der Waals surface area contributed by atoms with Crippen LogP contribution in [0.2, 0.25) is 0 Å². The summed E-state index contributed by atoms with van der Waals surface area (Å²) in [7, 11) is 0. The van der Waals surface area contributed by atoms with Crippen molar-refractivity contribution in [2.45, 2.75) is 81.6 Å². The molecule has 18 heavy (non-hydrogen) atoms. The van der Waals surface area contributed by atoms with Crippen LogP contribution in [0.1, 0.15) is 81.6 Å². The molecule has 0 heteroatoms. The fourth-order valence-corrected chi connectivity index (χ4v) is 6.70. The molecule has 0 aromatic rings. The minimum atomic E-state index is 0.381.